The number of hydrogen-bond acceptors (Lipinski definition) is 4. The van der Waals surface area contributed by atoms with Crippen molar-refractivity contribution >= 4 is 17.3 Å². The molecule has 1 fully saturated rings. The van der Waals surface area contributed by atoms with Crippen LogP contribution in [0.3, 0.4) is 0 Å². The van der Waals surface area contributed by atoms with Gasteiger partial charge in [-0.05, 0) is 37.3 Å². The number of nitro benzene ring substituents is 1. The topological polar surface area (TPSA) is 84.3 Å². The van der Waals surface area contributed by atoms with E-state index in [1.54, 1.807) is 19.2 Å². The zero-order chi connectivity index (χ0) is 14.7. The van der Waals surface area contributed by atoms with E-state index in [1.807, 2.05) is 0 Å². The largest absolute Gasteiger partial charge is 0.383 e. The number of carbonyl (C=O) groups excluding carboxylic acids is 1. The number of anilines is 1. The number of nitro groups is 1. The highest BCUT2D eigenvalue weighted by Gasteiger charge is 2.28. The van der Waals surface area contributed by atoms with E-state index in [1.165, 1.54) is 6.07 Å². The number of benzene rings is 1. The van der Waals surface area contributed by atoms with Crippen molar-refractivity contribution in [2.75, 3.05) is 12.4 Å². The number of nitrogens with zero attached hydrogens (tertiary/aromatic N) is 1. The van der Waals surface area contributed by atoms with Gasteiger partial charge >= 0.3 is 5.69 Å². The van der Waals surface area contributed by atoms with Gasteiger partial charge in [0.25, 0.3) is 5.91 Å². The van der Waals surface area contributed by atoms with Crippen molar-refractivity contribution in [3.8, 4) is 0 Å². The molecule has 2 unspecified atom stereocenters. The van der Waals surface area contributed by atoms with Crippen molar-refractivity contribution in [3.63, 3.8) is 0 Å². The smallest absolute Gasteiger partial charge is 0.305 e. The molecule has 1 aliphatic carbocycles. The highest BCUT2D eigenvalue weighted by molar-refractivity contribution is 6.00. The van der Waals surface area contributed by atoms with Gasteiger partial charge in [0, 0.05) is 13.1 Å². The summed E-state index contributed by atoms with van der Waals surface area (Å²) in [7, 11) is 1.60. The third kappa shape index (κ3) is 2.89. The summed E-state index contributed by atoms with van der Waals surface area (Å²) in [6, 6.07) is 4.85. The van der Waals surface area contributed by atoms with E-state index in [4.69, 9.17) is 0 Å². The molecule has 0 aliphatic heterocycles. The molecule has 2 atom stereocenters. The fraction of sp³-hybridized carbons (Fsp3) is 0.500. The summed E-state index contributed by atoms with van der Waals surface area (Å²) in [5.41, 5.74) is 0.294. The zero-order valence-electron chi connectivity index (χ0n) is 11.7. The van der Waals surface area contributed by atoms with Gasteiger partial charge < -0.3 is 10.6 Å². The Morgan fingerprint density at radius 2 is 2.15 bits per heavy atom. The van der Waals surface area contributed by atoms with Crippen LogP contribution in [0.15, 0.2) is 18.2 Å². The predicted molar refractivity (Wildman–Crippen MR) is 76.9 cm³/mol. The fourth-order valence-electron chi connectivity index (χ4n) is 2.73. The lowest BCUT2D eigenvalue weighted by atomic mass is 10.1. The molecule has 108 valence electrons. The van der Waals surface area contributed by atoms with E-state index in [-0.39, 0.29) is 23.2 Å². The maximum Gasteiger partial charge on any atom is 0.305 e. The molecule has 0 bridgehead atoms. The van der Waals surface area contributed by atoms with Crippen molar-refractivity contribution < 1.29 is 9.72 Å². The molecule has 1 amide bonds. The first-order valence-corrected chi connectivity index (χ1v) is 6.79. The second kappa shape index (κ2) is 5.90. The zero-order valence-corrected chi connectivity index (χ0v) is 11.7. The minimum absolute atomic E-state index is 0.112. The van der Waals surface area contributed by atoms with E-state index in [0.717, 1.165) is 19.3 Å². The summed E-state index contributed by atoms with van der Waals surface area (Å²) >= 11 is 0. The molecular weight excluding hydrogens is 258 g/mol. The molecule has 1 aliphatic rings. The Bertz CT molecular complexity index is 530. The molecule has 1 saturated carbocycles. The van der Waals surface area contributed by atoms with E-state index in [2.05, 4.69) is 17.6 Å². The van der Waals surface area contributed by atoms with E-state index < -0.39 is 4.92 Å². The average molecular weight is 277 g/mol. The highest BCUT2D eigenvalue weighted by atomic mass is 16.6. The SMILES string of the molecule is CNc1cccc(C(=O)NC2CCC(C)C2)c1[N+](=O)[O-]. The predicted octanol–water partition coefficient (Wildman–Crippen LogP) is 2.55. The van der Waals surface area contributed by atoms with Crippen LogP contribution in [0.25, 0.3) is 0 Å². The standard InChI is InChI=1S/C14H19N3O3/c1-9-6-7-10(8-9)16-14(18)11-4-3-5-12(15-2)13(11)17(19)20/h3-5,9-10,15H,6-8H2,1-2H3,(H,16,18). The van der Waals surface area contributed by atoms with Crippen molar-refractivity contribution in [2.45, 2.75) is 32.2 Å². The van der Waals surface area contributed by atoms with E-state index in [9.17, 15) is 14.9 Å². The lowest BCUT2D eigenvalue weighted by molar-refractivity contribution is -0.384. The van der Waals surface area contributed by atoms with Crippen molar-refractivity contribution in [3.05, 3.63) is 33.9 Å². The Kier molecular flexibility index (Phi) is 4.22. The summed E-state index contributed by atoms with van der Waals surface area (Å²) in [6.45, 7) is 2.15. The Balaban J connectivity index is 2.23. The summed E-state index contributed by atoms with van der Waals surface area (Å²) in [4.78, 5) is 22.9. The first-order valence-electron chi connectivity index (χ1n) is 6.79. The van der Waals surface area contributed by atoms with Crippen LogP contribution in [0.5, 0.6) is 0 Å². The molecule has 0 aromatic heterocycles. The number of rotatable bonds is 4. The molecule has 1 aromatic carbocycles. The number of amides is 1. The maximum absolute atomic E-state index is 12.3. The molecular formula is C14H19N3O3. The van der Waals surface area contributed by atoms with Gasteiger partial charge in [-0.2, -0.15) is 0 Å². The van der Waals surface area contributed by atoms with E-state index >= 15 is 0 Å². The van der Waals surface area contributed by atoms with Gasteiger partial charge in [0.15, 0.2) is 0 Å². The Labute approximate surface area is 117 Å². The lowest BCUT2D eigenvalue weighted by Gasteiger charge is -2.13. The molecule has 2 N–H and O–H groups in total. The van der Waals surface area contributed by atoms with Gasteiger partial charge in [-0.1, -0.05) is 13.0 Å². The van der Waals surface area contributed by atoms with Gasteiger partial charge in [-0.25, -0.2) is 0 Å². The third-order valence-electron chi connectivity index (χ3n) is 3.76. The minimum atomic E-state index is -0.516. The van der Waals surface area contributed by atoms with Crippen LogP contribution in [0, 0.1) is 16.0 Å². The van der Waals surface area contributed by atoms with Crippen molar-refractivity contribution in [2.24, 2.45) is 5.92 Å². The first kappa shape index (κ1) is 14.3. The highest BCUT2D eigenvalue weighted by Crippen LogP contribution is 2.29. The van der Waals surface area contributed by atoms with E-state index in [0.29, 0.717) is 11.6 Å². The van der Waals surface area contributed by atoms with Crippen LogP contribution in [-0.2, 0) is 0 Å². The van der Waals surface area contributed by atoms with Crippen LogP contribution >= 0.6 is 0 Å². The number of para-hydroxylation sites is 1. The molecule has 1 aromatic rings. The van der Waals surface area contributed by atoms with Gasteiger partial charge in [0.2, 0.25) is 0 Å². The molecule has 6 heteroatoms. The molecule has 0 heterocycles. The summed E-state index contributed by atoms with van der Waals surface area (Å²) in [5, 5.41) is 16.8. The quantitative estimate of drug-likeness (QED) is 0.654. The van der Waals surface area contributed by atoms with Crippen LogP contribution in [0.1, 0.15) is 36.5 Å². The first-order chi connectivity index (χ1) is 9.52. The molecule has 2 rings (SSSR count). The molecule has 0 spiro atoms. The minimum Gasteiger partial charge on any atom is -0.383 e. The number of hydrogen-bond donors (Lipinski definition) is 2. The van der Waals surface area contributed by atoms with Crippen LogP contribution in [-0.4, -0.2) is 23.9 Å². The second-order valence-electron chi connectivity index (χ2n) is 5.30. The normalized spacial score (nSPS) is 21.5. The molecule has 6 nitrogen and oxygen atoms in total. The Morgan fingerprint density at radius 3 is 2.70 bits per heavy atom. The molecule has 0 radical (unpaired) electrons. The van der Waals surface area contributed by atoms with Crippen LogP contribution < -0.4 is 10.6 Å². The van der Waals surface area contributed by atoms with Crippen molar-refractivity contribution in [1.29, 1.82) is 0 Å². The average Bonchev–Trinajstić information content (AvgIpc) is 2.82. The summed E-state index contributed by atoms with van der Waals surface area (Å²) in [5.74, 6) is 0.229. The number of carbonyl (C=O) groups is 1. The molecule has 20 heavy (non-hydrogen) atoms. The van der Waals surface area contributed by atoms with Gasteiger partial charge in [0.05, 0.1) is 4.92 Å². The summed E-state index contributed by atoms with van der Waals surface area (Å²) < 4.78 is 0. The van der Waals surface area contributed by atoms with Crippen LogP contribution in [0.4, 0.5) is 11.4 Å². The lowest BCUT2D eigenvalue weighted by Crippen LogP contribution is -2.33. The second-order valence-corrected chi connectivity index (χ2v) is 5.30. The van der Waals surface area contributed by atoms with Gasteiger partial charge in [-0.15, -0.1) is 0 Å². The number of nitrogens with one attached hydrogen (secondary N) is 2. The third-order valence-corrected chi connectivity index (χ3v) is 3.76. The van der Waals surface area contributed by atoms with Crippen molar-refractivity contribution in [1.82, 2.24) is 5.32 Å². The Hall–Kier alpha value is -2.11. The van der Waals surface area contributed by atoms with Gasteiger partial charge in [-0.3, -0.25) is 14.9 Å². The Morgan fingerprint density at radius 1 is 1.40 bits per heavy atom. The molecule has 0 saturated heterocycles. The monoisotopic (exact) mass is 277 g/mol. The van der Waals surface area contributed by atoms with Gasteiger partial charge in [0.1, 0.15) is 11.3 Å². The van der Waals surface area contributed by atoms with Crippen LogP contribution in [0.2, 0.25) is 0 Å². The maximum atomic E-state index is 12.3. The summed E-state index contributed by atoms with van der Waals surface area (Å²) in [6.07, 6.45) is 2.96. The fourth-order valence-corrected chi connectivity index (χ4v) is 2.73.